The Morgan fingerprint density at radius 3 is 2.00 bits per heavy atom. The molecule has 0 spiro atoms. The maximum absolute atomic E-state index is 3.56. The topological polar surface area (TPSA) is 15.8 Å². The second kappa shape index (κ2) is 4.99. The van der Waals surface area contributed by atoms with Crippen molar-refractivity contribution in [3.8, 4) is 11.3 Å². The first-order chi connectivity index (χ1) is 11.0. The van der Waals surface area contributed by atoms with Crippen molar-refractivity contribution in [3.05, 3.63) is 72.3 Å². The van der Waals surface area contributed by atoms with E-state index in [1.807, 2.05) is 0 Å². The van der Waals surface area contributed by atoms with E-state index in [0.717, 1.165) is 0 Å². The van der Waals surface area contributed by atoms with Crippen LogP contribution in [-0.2, 0) is 5.41 Å². The van der Waals surface area contributed by atoms with Crippen LogP contribution in [0.5, 0.6) is 0 Å². The maximum atomic E-state index is 3.56. The molecule has 1 N–H and O–H groups in total. The number of fused-ring (bicyclic) bond motifs is 2. The van der Waals surface area contributed by atoms with Gasteiger partial charge in [0, 0.05) is 16.6 Å². The second-order valence-corrected chi connectivity index (χ2v) is 7.30. The molecule has 1 heterocycles. The van der Waals surface area contributed by atoms with Crippen molar-refractivity contribution in [1.82, 2.24) is 4.98 Å². The minimum absolute atomic E-state index is 0.191. The maximum Gasteiger partial charge on any atom is 0.0465 e. The number of hydrogen-bond acceptors (Lipinski definition) is 0. The van der Waals surface area contributed by atoms with Gasteiger partial charge in [0.05, 0.1) is 0 Å². The van der Waals surface area contributed by atoms with Gasteiger partial charge in [-0.2, -0.15) is 0 Å². The summed E-state index contributed by atoms with van der Waals surface area (Å²) < 4.78 is 0. The summed E-state index contributed by atoms with van der Waals surface area (Å²) in [6.45, 7) is 6.74. The largest absolute Gasteiger partial charge is 0.355 e. The number of H-pyrrole nitrogens is 1. The summed E-state index contributed by atoms with van der Waals surface area (Å²) >= 11 is 0. The smallest absolute Gasteiger partial charge is 0.0465 e. The van der Waals surface area contributed by atoms with Crippen LogP contribution >= 0.6 is 0 Å². The van der Waals surface area contributed by atoms with Crippen LogP contribution in [0.1, 0.15) is 26.3 Å². The van der Waals surface area contributed by atoms with E-state index in [0.29, 0.717) is 0 Å². The Hall–Kier alpha value is -2.54. The number of rotatable bonds is 1. The average Bonchev–Trinajstić information content (AvgIpc) is 2.94. The van der Waals surface area contributed by atoms with E-state index in [1.165, 1.54) is 38.5 Å². The third-order valence-corrected chi connectivity index (χ3v) is 4.55. The molecule has 0 radical (unpaired) electrons. The van der Waals surface area contributed by atoms with E-state index in [4.69, 9.17) is 0 Å². The molecule has 23 heavy (non-hydrogen) atoms. The molecule has 1 aromatic heterocycles. The molecule has 0 unspecified atom stereocenters. The fourth-order valence-corrected chi connectivity index (χ4v) is 3.13. The van der Waals surface area contributed by atoms with Crippen molar-refractivity contribution in [2.75, 3.05) is 0 Å². The second-order valence-electron chi connectivity index (χ2n) is 7.30. The van der Waals surface area contributed by atoms with Gasteiger partial charge in [-0.1, -0.05) is 69.3 Å². The van der Waals surface area contributed by atoms with Crippen LogP contribution in [0.4, 0.5) is 0 Å². The minimum Gasteiger partial charge on any atom is -0.355 e. The summed E-state index contributed by atoms with van der Waals surface area (Å²) in [5, 5.41) is 3.82. The standard InChI is InChI=1S/C22H21N/c1-22(2,3)19-10-8-15(9-11-19)20-14-18-12-16-6-4-5-7-17(16)13-21(18)23-20/h4-14,23H,1-3H3. The summed E-state index contributed by atoms with van der Waals surface area (Å²) in [7, 11) is 0. The quantitative estimate of drug-likeness (QED) is 0.425. The van der Waals surface area contributed by atoms with E-state index >= 15 is 0 Å². The van der Waals surface area contributed by atoms with Crippen molar-refractivity contribution in [2.24, 2.45) is 0 Å². The number of aromatic amines is 1. The zero-order valence-corrected chi connectivity index (χ0v) is 13.9. The van der Waals surface area contributed by atoms with Crippen molar-refractivity contribution < 1.29 is 0 Å². The highest BCUT2D eigenvalue weighted by molar-refractivity contribution is 5.98. The van der Waals surface area contributed by atoms with Crippen molar-refractivity contribution in [2.45, 2.75) is 26.2 Å². The molecule has 3 aromatic carbocycles. The molecule has 0 aliphatic carbocycles. The Labute approximate surface area is 137 Å². The van der Waals surface area contributed by atoms with E-state index in [9.17, 15) is 0 Å². The van der Waals surface area contributed by atoms with E-state index in [1.54, 1.807) is 0 Å². The van der Waals surface area contributed by atoms with Crippen LogP contribution < -0.4 is 0 Å². The summed E-state index contributed by atoms with van der Waals surface area (Å²) in [5.41, 5.74) is 5.16. The van der Waals surface area contributed by atoms with Gasteiger partial charge in [-0.3, -0.25) is 0 Å². The molecule has 0 saturated heterocycles. The van der Waals surface area contributed by atoms with Crippen molar-refractivity contribution in [3.63, 3.8) is 0 Å². The van der Waals surface area contributed by atoms with Gasteiger partial charge in [0.15, 0.2) is 0 Å². The molecule has 0 aliphatic rings. The monoisotopic (exact) mass is 299 g/mol. The molecule has 0 saturated carbocycles. The van der Waals surface area contributed by atoms with Gasteiger partial charge in [0.25, 0.3) is 0 Å². The Morgan fingerprint density at radius 1 is 0.696 bits per heavy atom. The van der Waals surface area contributed by atoms with Gasteiger partial charge in [0.2, 0.25) is 0 Å². The summed E-state index contributed by atoms with van der Waals surface area (Å²) in [6, 6.07) is 24.1. The predicted molar refractivity (Wildman–Crippen MR) is 99.9 cm³/mol. The Bertz CT molecular complexity index is 930. The zero-order chi connectivity index (χ0) is 16.0. The molecule has 1 heteroatoms. The number of nitrogens with one attached hydrogen (secondary N) is 1. The fourth-order valence-electron chi connectivity index (χ4n) is 3.13. The van der Waals surface area contributed by atoms with Crippen LogP contribution in [0.3, 0.4) is 0 Å². The first kappa shape index (κ1) is 14.1. The molecule has 0 amide bonds. The zero-order valence-electron chi connectivity index (χ0n) is 13.9. The summed E-state index contributed by atoms with van der Waals surface area (Å²) in [5.74, 6) is 0. The molecule has 0 bridgehead atoms. The minimum atomic E-state index is 0.191. The lowest BCUT2D eigenvalue weighted by Gasteiger charge is -2.19. The van der Waals surface area contributed by atoms with Gasteiger partial charge < -0.3 is 4.98 Å². The SMILES string of the molecule is CC(C)(C)c1ccc(-c2cc3cc4ccccc4cc3[nH]2)cc1. The molecule has 0 atom stereocenters. The highest BCUT2D eigenvalue weighted by atomic mass is 14.7. The van der Waals surface area contributed by atoms with E-state index in [2.05, 4.69) is 92.5 Å². The highest BCUT2D eigenvalue weighted by Gasteiger charge is 2.13. The third-order valence-electron chi connectivity index (χ3n) is 4.55. The van der Waals surface area contributed by atoms with Crippen LogP contribution in [0.15, 0.2) is 66.7 Å². The van der Waals surface area contributed by atoms with Crippen LogP contribution in [0.25, 0.3) is 32.9 Å². The highest BCUT2D eigenvalue weighted by Crippen LogP contribution is 2.29. The van der Waals surface area contributed by atoms with Gasteiger partial charge in [-0.15, -0.1) is 0 Å². The fraction of sp³-hybridized carbons (Fsp3) is 0.182. The normalized spacial score (nSPS) is 12.1. The molecule has 0 fully saturated rings. The average molecular weight is 299 g/mol. The Kier molecular flexibility index (Phi) is 3.05. The molecular formula is C22H21N. The molecule has 0 aliphatic heterocycles. The van der Waals surface area contributed by atoms with Gasteiger partial charge >= 0.3 is 0 Å². The molecule has 1 nitrogen and oxygen atoms in total. The van der Waals surface area contributed by atoms with Crippen molar-refractivity contribution >= 4 is 21.7 Å². The molecule has 4 rings (SSSR count). The van der Waals surface area contributed by atoms with Crippen LogP contribution in [0, 0.1) is 0 Å². The first-order valence-corrected chi connectivity index (χ1v) is 8.13. The lowest BCUT2D eigenvalue weighted by Crippen LogP contribution is -2.10. The Morgan fingerprint density at radius 2 is 1.35 bits per heavy atom. The lowest BCUT2D eigenvalue weighted by molar-refractivity contribution is 0.590. The summed E-state index contributed by atoms with van der Waals surface area (Å²) in [4.78, 5) is 3.56. The van der Waals surface area contributed by atoms with Gasteiger partial charge in [0.1, 0.15) is 0 Å². The van der Waals surface area contributed by atoms with Gasteiger partial charge in [-0.25, -0.2) is 0 Å². The first-order valence-electron chi connectivity index (χ1n) is 8.13. The Balaban J connectivity index is 1.81. The number of benzene rings is 3. The van der Waals surface area contributed by atoms with E-state index < -0.39 is 0 Å². The van der Waals surface area contributed by atoms with E-state index in [-0.39, 0.29) is 5.41 Å². The van der Waals surface area contributed by atoms with Crippen LogP contribution in [-0.4, -0.2) is 4.98 Å². The predicted octanol–water partition coefficient (Wildman–Crippen LogP) is 6.29. The summed E-state index contributed by atoms with van der Waals surface area (Å²) in [6.07, 6.45) is 0. The number of aromatic nitrogens is 1. The lowest BCUT2D eigenvalue weighted by atomic mass is 9.86. The molecular weight excluding hydrogens is 278 g/mol. The number of hydrogen-bond donors (Lipinski definition) is 1. The molecule has 114 valence electrons. The van der Waals surface area contributed by atoms with Gasteiger partial charge in [-0.05, 0) is 45.5 Å². The molecule has 4 aromatic rings. The third kappa shape index (κ3) is 2.53. The van der Waals surface area contributed by atoms with Crippen LogP contribution in [0.2, 0.25) is 0 Å². The van der Waals surface area contributed by atoms with Crippen molar-refractivity contribution in [1.29, 1.82) is 0 Å².